The van der Waals surface area contributed by atoms with Gasteiger partial charge in [-0.15, -0.1) is 0 Å². The van der Waals surface area contributed by atoms with E-state index in [1.54, 1.807) is 7.05 Å². The number of halogens is 3. The van der Waals surface area contributed by atoms with Crippen LogP contribution in [0.1, 0.15) is 42.1 Å². The summed E-state index contributed by atoms with van der Waals surface area (Å²) in [7, 11) is 1.58. The van der Waals surface area contributed by atoms with Crippen molar-refractivity contribution in [3.8, 4) is 0 Å². The lowest BCUT2D eigenvalue weighted by molar-refractivity contribution is -0.136. The second-order valence-electron chi connectivity index (χ2n) is 4.73. The van der Waals surface area contributed by atoms with E-state index >= 15 is 0 Å². The largest absolute Gasteiger partial charge is 0.418 e. The van der Waals surface area contributed by atoms with E-state index in [1.165, 1.54) is 11.0 Å². The summed E-state index contributed by atoms with van der Waals surface area (Å²) in [6.45, 7) is 2.57. The van der Waals surface area contributed by atoms with Gasteiger partial charge >= 0.3 is 6.18 Å². The third kappa shape index (κ3) is 4.15. The Bertz CT molecular complexity index is 472. The van der Waals surface area contributed by atoms with E-state index in [1.807, 2.05) is 6.92 Å². The molecule has 112 valence electrons. The van der Waals surface area contributed by atoms with Gasteiger partial charge in [0, 0.05) is 24.8 Å². The molecule has 1 aromatic carbocycles. The van der Waals surface area contributed by atoms with E-state index in [9.17, 15) is 18.0 Å². The van der Waals surface area contributed by atoms with Gasteiger partial charge in [0.25, 0.3) is 5.91 Å². The predicted molar refractivity (Wildman–Crippen MR) is 72.3 cm³/mol. The molecule has 0 atom stereocenters. The molecule has 0 saturated heterocycles. The summed E-state index contributed by atoms with van der Waals surface area (Å²) in [5.74, 6) is -0.424. The third-order valence-corrected chi connectivity index (χ3v) is 3.05. The van der Waals surface area contributed by atoms with Gasteiger partial charge in [-0.05, 0) is 24.6 Å². The van der Waals surface area contributed by atoms with Gasteiger partial charge < -0.3 is 10.6 Å². The zero-order chi connectivity index (χ0) is 15.3. The molecule has 0 aliphatic rings. The molecule has 0 radical (unpaired) electrons. The summed E-state index contributed by atoms with van der Waals surface area (Å²) >= 11 is 0. The number of rotatable bonds is 5. The highest BCUT2D eigenvalue weighted by Crippen LogP contribution is 2.34. The monoisotopic (exact) mass is 288 g/mol. The van der Waals surface area contributed by atoms with Crippen molar-refractivity contribution in [1.29, 1.82) is 0 Å². The fraction of sp³-hybridized carbons (Fsp3) is 0.500. The Morgan fingerprint density at radius 2 is 1.95 bits per heavy atom. The zero-order valence-electron chi connectivity index (χ0n) is 11.6. The molecule has 0 unspecified atom stereocenters. The van der Waals surface area contributed by atoms with Crippen LogP contribution in [-0.2, 0) is 6.18 Å². The lowest BCUT2D eigenvalue weighted by Crippen LogP contribution is -2.28. The van der Waals surface area contributed by atoms with E-state index < -0.39 is 17.6 Å². The van der Waals surface area contributed by atoms with E-state index in [2.05, 4.69) is 0 Å². The molecular formula is C14H19F3N2O. The highest BCUT2D eigenvalue weighted by molar-refractivity contribution is 5.94. The molecule has 0 aromatic heterocycles. The summed E-state index contributed by atoms with van der Waals surface area (Å²) in [5.41, 5.74) is 3.97. The molecule has 6 heteroatoms. The Labute approximate surface area is 116 Å². The maximum Gasteiger partial charge on any atom is 0.418 e. The number of anilines is 1. The molecule has 1 amide bonds. The van der Waals surface area contributed by atoms with Crippen LogP contribution in [0.15, 0.2) is 18.2 Å². The van der Waals surface area contributed by atoms with Crippen molar-refractivity contribution in [2.75, 3.05) is 19.3 Å². The van der Waals surface area contributed by atoms with E-state index in [-0.39, 0.29) is 11.3 Å². The van der Waals surface area contributed by atoms with Gasteiger partial charge in [0.05, 0.1) is 5.56 Å². The molecule has 0 saturated carbocycles. The standard InChI is InChI=1S/C14H19F3N2O/c1-3-4-5-8-19(2)13(20)10-6-7-12(18)11(9-10)14(15,16)17/h6-7,9H,3-5,8,18H2,1-2H3. The number of hydrogen-bond donors (Lipinski definition) is 1. The summed E-state index contributed by atoms with van der Waals surface area (Å²) in [6.07, 6.45) is -1.73. The van der Waals surface area contributed by atoms with Crippen LogP contribution in [0.3, 0.4) is 0 Å². The Kier molecular flexibility index (Phi) is 5.42. The highest BCUT2D eigenvalue weighted by atomic mass is 19.4. The third-order valence-electron chi connectivity index (χ3n) is 3.05. The number of nitrogen functional groups attached to an aromatic ring is 1. The number of nitrogens with two attached hydrogens (primary N) is 1. The molecule has 20 heavy (non-hydrogen) atoms. The zero-order valence-corrected chi connectivity index (χ0v) is 11.6. The molecular weight excluding hydrogens is 269 g/mol. The normalized spacial score (nSPS) is 11.4. The summed E-state index contributed by atoms with van der Waals surface area (Å²) in [6, 6.07) is 3.26. The van der Waals surface area contributed by atoms with Crippen LogP contribution in [-0.4, -0.2) is 24.4 Å². The molecule has 2 N–H and O–H groups in total. The van der Waals surface area contributed by atoms with Crippen LogP contribution in [0.4, 0.5) is 18.9 Å². The topological polar surface area (TPSA) is 46.3 Å². The van der Waals surface area contributed by atoms with E-state index in [4.69, 9.17) is 5.73 Å². The van der Waals surface area contributed by atoms with Crippen molar-refractivity contribution in [1.82, 2.24) is 4.90 Å². The Balaban J connectivity index is 2.89. The van der Waals surface area contributed by atoms with E-state index in [0.29, 0.717) is 6.54 Å². The van der Waals surface area contributed by atoms with Crippen LogP contribution in [0.25, 0.3) is 0 Å². The predicted octanol–water partition coefficient (Wildman–Crippen LogP) is 3.55. The molecule has 1 rings (SSSR count). The van der Waals surface area contributed by atoms with Crippen molar-refractivity contribution in [3.05, 3.63) is 29.3 Å². The van der Waals surface area contributed by atoms with Crippen molar-refractivity contribution >= 4 is 11.6 Å². The smallest absolute Gasteiger partial charge is 0.398 e. The van der Waals surface area contributed by atoms with Gasteiger partial charge in [0.15, 0.2) is 0 Å². The van der Waals surface area contributed by atoms with Crippen LogP contribution in [0.5, 0.6) is 0 Å². The van der Waals surface area contributed by atoms with Gasteiger partial charge in [-0.1, -0.05) is 19.8 Å². The quantitative estimate of drug-likeness (QED) is 0.665. The van der Waals surface area contributed by atoms with Gasteiger partial charge in [0.1, 0.15) is 0 Å². The number of carbonyl (C=O) groups excluding carboxylic acids is 1. The van der Waals surface area contributed by atoms with Crippen LogP contribution >= 0.6 is 0 Å². The average molecular weight is 288 g/mol. The average Bonchev–Trinajstić information content (AvgIpc) is 2.37. The first kappa shape index (κ1) is 16.3. The minimum absolute atomic E-state index is 0.00511. The summed E-state index contributed by atoms with van der Waals surface area (Å²) in [5, 5.41) is 0. The lowest BCUT2D eigenvalue weighted by Gasteiger charge is -2.18. The molecule has 3 nitrogen and oxygen atoms in total. The first-order valence-corrected chi connectivity index (χ1v) is 6.49. The van der Waals surface area contributed by atoms with Gasteiger partial charge in [0.2, 0.25) is 0 Å². The lowest BCUT2D eigenvalue weighted by atomic mass is 10.1. The van der Waals surface area contributed by atoms with Gasteiger partial charge in [-0.2, -0.15) is 13.2 Å². The first-order chi connectivity index (χ1) is 9.27. The van der Waals surface area contributed by atoms with Crippen LogP contribution in [0.2, 0.25) is 0 Å². The molecule has 0 aliphatic carbocycles. The molecule has 0 aliphatic heterocycles. The van der Waals surface area contributed by atoms with Crippen LogP contribution < -0.4 is 5.73 Å². The second kappa shape index (κ2) is 6.63. The van der Waals surface area contributed by atoms with Crippen molar-refractivity contribution in [3.63, 3.8) is 0 Å². The number of nitrogens with zero attached hydrogens (tertiary/aromatic N) is 1. The van der Waals surface area contributed by atoms with Crippen molar-refractivity contribution in [2.24, 2.45) is 0 Å². The number of alkyl halides is 3. The number of benzene rings is 1. The fourth-order valence-electron chi connectivity index (χ4n) is 1.86. The number of hydrogen-bond acceptors (Lipinski definition) is 2. The van der Waals surface area contributed by atoms with E-state index in [0.717, 1.165) is 31.4 Å². The fourth-order valence-corrected chi connectivity index (χ4v) is 1.86. The number of carbonyl (C=O) groups is 1. The Morgan fingerprint density at radius 3 is 2.50 bits per heavy atom. The summed E-state index contributed by atoms with van der Waals surface area (Å²) < 4.78 is 38.2. The molecule has 1 aromatic rings. The first-order valence-electron chi connectivity index (χ1n) is 6.49. The Morgan fingerprint density at radius 1 is 1.30 bits per heavy atom. The summed E-state index contributed by atoms with van der Waals surface area (Å²) in [4.78, 5) is 13.5. The van der Waals surface area contributed by atoms with Crippen molar-refractivity contribution < 1.29 is 18.0 Å². The second-order valence-corrected chi connectivity index (χ2v) is 4.73. The maximum absolute atomic E-state index is 12.7. The van der Waals surface area contributed by atoms with Gasteiger partial charge in [-0.25, -0.2) is 0 Å². The molecule has 0 spiro atoms. The SMILES string of the molecule is CCCCCN(C)C(=O)c1ccc(N)c(C(F)(F)F)c1. The van der Waals surface area contributed by atoms with Gasteiger partial charge in [-0.3, -0.25) is 4.79 Å². The molecule has 0 fully saturated rings. The minimum Gasteiger partial charge on any atom is -0.398 e. The highest BCUT2D eigenvalue weighted by Gasteiger charge is 2.33. The van der Waals surface area contributed by atoms with Crippen molar-refractivity contribution in [2.45, 2.75) is 32.4 Å². The molecule has 0 bridgehead atoms. The molecule has 0 heterocycles. The maximum atomic E-state index is 12.7. The number of unbranched alkanes of at least 4 members (excludes halogenated alkanes) is 2. The number of amides is 1. The van der Waals surface area contributed by atoms with Crippen LogP contribution in [0, 0.1) is 0 Å². The minimum atomic E-state index is -4.55. The Hall–Kier alpha value is -1.72.